The van der Waals surface area contributed by atoms with Crippen molar-refractivity contribution in [3.8, 4) is 17.1 Å². The van der Waals surface area contributed by atoms with Gasteiger partial charge in [-0.25, -0.2) is 9.97 Å². The summed E-state index contributed by atoms with van der Waals surface area (Å²) < 4.78 is 5.77. The van der Waals surface area contributed by atoms with E-state index < -0.39 is 0 Å². The fourth-order valence-corrected chi connectivity index (χ4v) is 4.57. The molecule has 0 aliphatic heterocycles. The van der Waals surface area contributed by atoms with Crippen LogP contribution in [0, 0.1) is 5.92 Å². The fraction of sp³-hybridized carbons (Fsp3) is 0.643. The summed E-state index contributed by atoms with van der Waals surface area (Å²) in [4.78, 5) is 9.61. The molecule has 1 heterocycles. The van der Waals surface area contributed by atoms with Gasteiger partial charge in [-0.3, -0.25) is 0 Å². The Balaban J connectivity index is 1.43. The van der Waals surface area contributed by atoms with Crippen molar-refractivity contribution in [2.45, 2.75) is 104 Å². The van der Waals surface area contributed by atoms with Crippen molar-refractivity contribution >= 4 is 0 Å². The molecule has 0 N–H and O–H groups in total. The van der Waals surface area contributed by atoms with Gasteiger partial charge in [0.2, 0.25) is 0 Å². The van der Waals surface area contributed by atoms with Crippen LogP contribution in [0.1, 0.15) is 102 Å². The molecule has 0 fully saturated rings. The lowest BCUT2D eigenvalue weighted by Crippen LogP contribution is -2.16. The first-order valence-corrected chi connectivity index (χ1v) is 12.9. The molecule has 31 heavy (non-hydrogen) atoms. The Morgan fingerprint density at radius 1 is 0.871 bits per heavy atom. The van der Waals surface area contributed by atoms with Gasteiger partial charge in [0.05, 0.1) is 6.61 Å². The molecule has 1 aromatic heterocycles. The van der Waals surface area contributed by atoms with E-state index in [1.807, 2.05) is 12.1 Å². The average Bonchev–Trinajstić information content (AvgIpc) is 2.81. The Labute approximate surface area is 190 Å². The summed E-state index contributed by atoms with van der Waals surface area (Å²) in [5.74, 6) is 2.60. The van der Waals surface area contributed by atoms with E-state index in [1.165, 1.54) is 75.5 Å². The van der Waals surface area contributed by atoms with Gasteiger partial charge in [-0.15, -0.1) is 0 Å². The first-order chi connectivity index (χ1) is 15.3. The molecule has 3 rings (SSSR count). The highest BCUT2D eigenvalue weighted by atomic mass is 16.5. The lowest BCUT2D eigenvalue weighted by Gasteiger charge is -2.24. The van der Waals surface area contributed by atoms with Gasteiger partial charge < -0.3 is 4.74 Å². The summed E-state index contributed by atoms with van der Waals surface area (Å²) in [6.45, 7) is 5.25. The van der Waals surface area contributed by atoms with Gasteiger partial charge in [0.25, 0.3) is 0 Å². The molecule has 1 unspecified atom stereocenters. The zero-order valence-corrected chi connectivity index (χ0v) is 19.9. The summed E-state index contributed by atoms with van der Waals surface area (Å²) >= 11 is 0. The highest BCUT2D eigenvalue weighted by molar-refractivity contribution is 5.56. The third-order valence-corrected chi connectivity index (χ3v) is 6.60. The molecule has 0 amide bonds. The molecule has 2 aromatic rings. The Morgan fingerprint density at radius 2 is 1.58 bits per heavy atom. The monoisotopic (exact) mass is 422 g/mol. The van der Waals surface area contributed by atoms with Crippen LogP contribution in [0.15, 0.2) is 30.5 Å². The van der Waals surface area contributed by atoms with E-state index in [0.717, 1.165) is 55.3 Å². The molecule has 0 bridgehead atoms. The number of aromatic nitrogens is 2. The van der Waals surface area contributed by atoms with Crippen LogP contribution in [0.2, 0.25) is 0 Å². The van der Waals surface area contributed by atoms with Gasteiger partial charge >= 0.3 is 0 Å². The molecule has 0 saturated carbocycles. The average molecular weight is 423 g/mol. The largest absolute Gasteiger partial charge is 0.494 e. The van der Waals surface area contributed by atoms with E-state index in [9.17, 15) is 0 Å². The number of rotatable bonds is 14. The van der Waals surface area contributed by atoms with E-state index in [-0.39, 0.29) is 0 Å². The van der Waals surface area contributed by atoms with Crippen LogP contribution in [0.4, 0.5) is 0 Å². The zero-order chi connectivity index (χ0) is 21.7. The summed E-state index contributed by atoms with van der Waals surface area (Å²) in [6, 6.07) is 8.23. The number of hydrogen-bond acceptors (Lipinski definition) is 3. The maximum atomic E-state index is 5.77. The number of nitrogens with zero attached hydrogens (tertiary/aromatic N) is 2. The van der Waals surface area contributed by atoms with Crippen LogP contribution < -0.4 is 4.74 Å². The molecular formula is C28H42N2O. The van der Waals surface area contributed by atoms with Crippen LogP contribution >= 0.6 is 0 Å². The van der Waals surface area contributed by atoms with Gasteiger partial charge in [0.15, 0.2) is 5.82 Å². The Morgan fingerprint density at radius 3 is 2.32 bits per heavy atom. The molecule has 1 aliphatic carbocycles. The highest BCUT2D eigenvalue weighted by Gasteiger charge is 2.20. The van der Waals surface area contributed by atoms with Gasteiger partial charge in [-0.05, 0) is 61.4 Å². The number of unbranched alkanes of at least 4 members (excludes halogenated alkanes) is 8. The lowest BCUT2D eigenvalue weighted by molar-refractivity contribution is 0.309. The van der Waals surface area contributed by atoms with Crippen molar-refractivity contribution in [3.63, 3.8) is 0 Å². The van der Waals surface area contributed by atoms with Crippen LogP contribution in [-0.2, 0) is 12.8 Å². The molecule has 0 saturated heterocycles. The number of benzene rings is 1. The van der Waals surface area contributed by atoms with Crippen LogP contribution in [0.5, 0.6) is 5.75 Å². The van der Waals surface area contributed by atoms with Gasteiger partial charge in [0, 0.05) is 17.5 Å². The summed E-state index contributed by atoms with van der Waals surface area (Å²) in [5, 5.41) is 0. The minimum absolute atomic E-state index is 0.783. The molecule has 170 valence electrons. The number of fused-ring (bicyclic) bond motifs is 1. The van der Waals surface area contributed by atoms with Crippen LogP contribution in [0.3, 0.4) is 0 Å². The SMILES string of the molecule is CCCCCCCCCCC1CCc2nc(-c3ccc(OCCCC)cc3)ncc2C1. The van der Waals surface area contributed by atoms with E-state index >= 15 is 0 Å². The number of aryl methyl sites for hydroxylation is 1. The predicted octanol–water partition coefficient (Wildman–Crippen LogP) is 7.96. The summed E-state index contributed by atoms with van der Waals surface area (Å²) in [7, 11) is 0. The van der Waals surface area contributed by atoms with Crippen molar-refractivity contribution in [2.24, 2.45) is 5.92 Å². The highest BCUT2D eigenvalue weighted by Crippen LogP contribution is 2.29. The molecule has 3 nitrogen and oxygen atoms in total. The van der Waals surface area contributed by atoms with Gasteiger partial charge in [0.1, 0.15) is 5.75 Å². The predicted molar refractivity (Wildman–Crippen MR) is 131 cm³/mol. The molecule has 3 heteroatoms. The molecule has 0 spiro atoms. The van der Waals surface area contributed by atoms with Crippen molar-refractivity contribution in [3.05, 3.63) is 41.7 Å². The quantitative estimate of drug-likeness (QED) is 0.290. The maximum absolute atomic E-state index is 5.77. The fourth-order valence-electron chi connectivity index (χ4n) is 4.57. The molecule has 1 atom stereocenters. The second-order valence-corrected chi connectivity index (χ2v) is 9.26. The van der Waals surface area contributed by atoms with E-state index in [2.05, 4.69) is 32.2 Å². The molecule has 1 aromatic carbocycles. The van der Waals surface area contributed by atoms with Gasteiger partial charge in [-0.2, -0.15) is 0 Å². The molecular weight excluding hydrogens is 380 g/mol. The third-order valence-electron chi connectivity index (χ3n) is 6.60. The van der Waals surface area contributed by atoms with Crippen LogP contribution in [-0.4, -0.2) is 16.6 Å². The minimum atomic E-state index is 0.783. The minimum Gasteiger partial charge on any atom is -0.494 e. The van der Waals surface area contributed by atoms with E-state index in [0.29, 0.717) is 0 Å². The molecule has 0 radical (unpaired) electrons. The van der Waals surface area contributed by atoms with E-state index in [1.54, 1.807) is 0 Å². The summed E-state index contributed by atoms with van der Waals surface area (Å²) in [5.41, 5.74) is 3.71. The zero-order valence-electron chi connectivity index (χ0n) is 19.9. The van der Waals surface area contributed by atoms with Crippen molar-refractivity contribution < 1.29 is 4.74 Å². The Bertz CT molecular complexity index is 756. The first-order valence-electron chi connectivity index (χ1n) is 12.9. The van der Waals surface area contributed by atoms with Gasteiger partial charge in [-0.1, -0.05) is 78.1 Å². The smallest absolute Gasteiger partial charge is 0.159 e. The number of hydrogen-bond donors (Lipinski definition) is 0. The van der Waals surface area contributed by atoms with Crippen molar-refractivity contribution in [1.82, 2.24) is 9.97 Å². The lowest BCUT2D eigenvalue weighted by atomic mass is 9.84. The van der Waals surface area contributed by atoms with Crippen molar-refractivity contribution in [1.29, 1.82) is 0 Å². The second-order valence-electron chi connectivity index (χ2n) is 9.26. The standard InChI is InChI=1S/C28H42N2O/c1-3-5-7-8-9-10-11-12-13-23-14-19-27-25(21-23)22-29-28(30-27)24-15-17-26(18-16-24)31-20-6-4-2/h15-18,22-23H,3-14,19-21H2,1-2H3. The first kappa shape index (κ1) is 23.8. The third kappa shape index (κ3) is 7.94. The summed E-state index contributed by atoms with van der Waals surface area (Å²) in [6.07, 6.45) is 20.5. The maximum Gasteiger partial charge on any atom is 0.159 e. The van der Waals surface area contributed by atoms with Crippen LogP contribution in [0.25, 0.3) is 11.4 Å². The van der Waals surface area contributed by atoms with Crippen molar-refractivity contribution in [2.75, 3.05) is 6.61 Å². The van der Waals surface area contributed by atoms with E-state index in [4.69, 9.17) is 14.7 Å². The normalized spacial score (nSPS) is 15.6. The second kappa shape index (κ2) is 13.5. The Hall–Kier alpha value is -1.90. The molecule has 1 aliphatic rings. The Kier molecular flexibility index (Phi) is 10.3. The topological polar surface area (TPSA) is 35.0 Å². The number of ether oxygens (including phenoxy) is 1.